The van der Waals surface area contributed by atoms with Crippen molar-refractivity contribution in [2.75, 3.05) is 23.0 Å². The summed E-state index contributed by atoms with van der Waals surface area (Å²) < 4.78 is 57.7. The van der Waals surface area contributed by atoms with Crippen LogP contribution in [-0.2, 0) is 14.8 Å². The Hall–Kier alpha value is -2.68. The minimum absolute atomic E-state index is 0.124. The zero-order valence-electron chi connectivity index (χ0n) is 15.1. The summed E-state index contributed by atoms with van der Waals surface area (Å²) in [5, 5.41) is 2.32. The molecule has 27 heavy (non-hydrogen) atoms. The van der Waals surface area contributed by atoms with E-state index < -0.39 is 33.6 Å². The molecule has 0 unspecified atom stereocenters. The number of nitrogens with one attached hydrogen (secondary N) is 1. The summed E-state index contributed by atoms with van der Waals surface area (Å²) >= 11 is 0. The Balaban J connectivity index is 2.41. The first-order chi connectivity index (χ1) is 12.7. The van der Waals surface area contributed by atoms with Crippen molar-refractivity contribution in [3.63, 3.8) is 0 Å². The molecule has 2 rings (SSSR count). The Morgan fingerprint density at radius 1 is 1.22 bits per heavy atom. The Morgan fingerprint density at radius 3 is 2.48 bits per heavy atom. The molecule has 2 aromatic rings. The summed E-state index contributed by atoms with van der Waals surface area (Å²) in [5.74, 6) is -2.06. The molecule has 0 heterocycles. The SMILES string of the molecule is CC[C@@H](C(=O)Nc1ccc(F)cc1F)N(c1cccc(OC)c1)S(C)(=O)=O. The van der Waals surface area contributed by atoms with Crippen molar-refractivity contribution in [3.05, 3.63) is 54.1 Å². The van der Waals surface area contributed by atoms with E-state index >= 15 is 0 Å². The molecular weight excluding hydrogens is 378 g/mol. The zero-order chi connectivity index (χ0) is 20.2. The third-order valence-electron chi connectivity index (χ3n) is 3.83. The van der Waals surface area contributed by atoms with Crippen molar-refractivity contribution >= 4 is 27.3 Å². The lowest BCUT2D eigenvalue weighted by molar-refractivity contribution is -0.117. The van der Waals surface area contributed by atoms with Gasteiger partial charge in [0, 0.05) is 12.1 Å². The third kappa shape index (κ3) is 4.94. The number of carbonyl (C=O) groups is 1. The van der Waals surface area contributed by atoms with Crippen LogP contribution in [0.2, 0.25) is 0 Å². The number of methoxy groups -OCH3 is 1. The smallest absolute Gasteiger partial charge is 0.248 e. The molecule has 6 nitrogen and oxygen atoms in total. The number of nitrogens with zero attached hydrogens (tertiary/aromatic N) is 1. The number of hydrogen-bond acceptors (Lipinski definition) is 4. The quantitative estimate of drug-likeness (QED) is 0.777. The Morgan fingerprint density at radius 2 is 1.93 bits per heavy atom. The van der Waals surface area contributed by atoms with Gasteiger partial charge in [-0.15, -0.1) is 0 Å². The molecule has 0 saturated heterocycles. The fourth-order valence-electron chi connectivity index (χ4n) is 2.61. The second-order valence-electron chi connectivity index (χ2n) is 5.80. The Labute approximate surface area is 156 Å². The summed E-state index contributed by atoms with van der Waals surface area (Å²) in [6.45, 7) is 1.63. The van der Waals surface area contributed by atoms with Crippen molar-refractivity contribution in [1.29, 1.82) is 0 Å². The summed E-state index contributed by atoms with van der Waals surface area (Å²) in [4.78, 5) is 12.7. The number of amides is 1. The lowest BCUT2D eigenvalue weighted by Gasteiger charge is -2.30. The average molecular weight is 398 g/mol. The Bertz CT molecular complexity index is 935. The lowest BCUT2D eigenvalue weighted by Crippen LogP contribution is -2.47. The zero-order valence-corrected chi connectivity index (χ0v) is 15.9. The van der Waals surface area contributed by atoms with E-state index in [9.17, 15) is 22.0 Å². The molecule has 0 spiro atoms. The molecule has 0 aliphatic rings. The van der Waals surface area contributed by atoms with Gasteiger partial charge in [-0.1, -0.05) is 13.0 Å². The van der Waals surface area contributed by atoms with Crippen molar-refractivity contribution in [2.24, 2.45) is 0 Å². The first-order valence-electron chi connectivity index (χ1n) is 8.06. The number of halogens is 2. The molecule has 1 amide bonds. The average Bonchev–Trinajstić information content (AvgIpc) is 2.60. The van der Waals surface area contributed by atoms with Crippen LogP contribution in [0.4, 0.5) is 20.2 Å². The predicted molar refractivity (Wildman–Crippen MR) is 99.4 cm³/mol. The van der Waals surface area contributed by atoms with Crippen molar-refractivity contribution in [3.8, 4) is 5.75 Å². The van der Waals surface area contributed by atoms with Crippen LogP contribution in [0.1, 0.15) is 13.3 Å². The second-order valence-corrected chi connectivity index (χ2v) is 7.66. The van der Waals surface area contributed by atoms with Gasteiger partial charge in [0.2, 0.25) is 15.9 Å². The maximum absolute atomic E-state index is 13.8. The third-order valence-corrected chi connectivity index (χ3v) is 5.01. The van der Waals surface area contributed by atoms with E-state index in [2.05, 4.69) is 5.32 Å². The predicted octanol–water partition coefficient (Wildman–Crippen LogP) is 3.16. The summed E-state index contributed by atoms with van der Waals surface area (Å²) in [6, 6.07) is 7.80. The molecule has 9 heteroatoms. The first kappa shape index (κ1) is 20.6. The number of carbonyl (C=O) groups excluding carboxylic acids is 1. The van der Waals surface area contributed by atoms with Gasteiger partial charge in [0.25, 0.3) is 0 Å². The van der Waals surface area contributed by atoms with Crippen molar-refractivity contribution in [1.82, 2.24) is 0 Å². The molecule has 146 valence electrons. The first-order valence-corrected chi connectivity index (χ1v) is 9.91. The van der Waals surface area contributed by atoms with Crippen LogP contribution in [0.25, 0.3) is 0 Å². The van der Waals surface area contributed by atoms with E-state index in [4.69, 9.17) is 4.74 Å². The highest BCUT2D eigenvalue weighted by atomic mass is 32.2. The van der Waals surface area contributed by atoms with Crippen LogP contribution in [0.3, 0.4) is 0 Å². The molecule has 0 aromatic heterocycles. The van der Waals surface area contributed by atoms with Crippen LogP contribution in [-0.4, -0.2) is 33.7 Å². The van der Waals surface area contributed by atoms with E-state index in [1.165, 1.54) is 19.2 Å². The molecule has 2 aromatic carbocycles. The minimum atomic E-state index is -3.85. The summed E-state index contributed by atoms with van der Waals surface area (Å²) in [5.41, 5.74) is -0.00243. The maximum Gasteiger partial charge on any atom is 0.248 e. The van der Waals surface area contributed by atoms with E-state index in [1.807, 2.05) is 0 Å². The van der Waals surface area contributed by atoms with E-state index in [0.29, 0.717) is 11.8 Å². The number of sulfonamides is 1. The minimum Gasteiger partial charge on any atom is -0.497 e. The van der Waals surface area contributed by atoms with Crippen LogP contribution in [0.15, 0.2) is 42.5 Å². The molecule has 0 bridgehead atoms. The summed E-state index contributed by atoms with van der Waals surface area (Å²) in [6.07, 6.45) is 1.10. The molecule has 1 N–H and O–H groups in total. The number of benzene rings is 2. The number of rotatable bonds is 7. The van der Waals surface area contributed by atoms with Gasteiger partial charge >= 0.3 is 0 Å². The highest BCUT2D eigenvalue weighted by Gasteiger charge is 2.32. The monoisotopic (exact) mass is 398 g/mol. The van der Waals surface area contributed by atoms with Gasteiger partial charge < -0.3 is 10.1 Å². The fourth-order valence-corrected chi connectivity index (χ4v) is 3.82. The van der Waals surface area contributed by atoms with Gasteiger partial charge in [-0.2, -0.15) is 0 Å². The molecule has 0 saturated carbocycles. The topological polar surface area (TPSA) is 75.7 Å². The molecule has 1 atom stereocenters. The van der Waals surface area contributed by atoms with Crippen molar-refractivity contribution < 1.29 is 26.7 Å². The standard InChI is InChI=1S/C18H20F2N2O4S/c1-4-17(18(23)21-16-9-8-12(19)10-15(16)20)22(27(3,24)25)13-6-5-7-14(11-13)26-2/h5-11,17H,4H2,1-3H3,(H,21,23)/t17-/m0/s1. The molecule has 0 radical (unpaired) electrons. The normalized spacial score (nSPS) is 12.3. The number of anilines is 2. The van der Waals surface area contributed by atoms with Gasteiger partial charge in [0.1, 0.15) is 23.4 Å². The largest absolute Gasteiger partial charge is 0.497 e. The van der Waals surface area contributed by atoms with Gasteiger partial charge in [0.05, 0.1) is 24.7 Å². The van der Waals surface area contributed by atoms with E-state index in [-0.39, 0.29) is 17.8 Å². The van der Waals surface area contributed by atoms with Gasteiger partial charge in [-0.25, -0.2) is 17.2 Å². The lowest BCUT2D eigenvalue weighted by atomic mass is 10.1. The second kappa shape index (κ2) is 8.34. The number of hydrogen-bond donors (Lipinski definition) is 1. The van der Waals surface area contributed by atoms with E-state index in [1.54, 1.807) is 19.1 Å². The van der Waals surface area contributed by atoms with Gasteiger partial charge in [0.15, 0.2) is 0 Å². The fraction of sp³-hybridized carbons (Fsp3) is 0.278. The van der Waals surface area contributed by atoms with Gasteiger partial charge in [-0.05, 0) is 30.7 Å². The number of ether oxygens (including phenoxy) is 1. The van der Waals surface area contributed by atoms with Crippen LogP contribution in [0.5, 0.6) is 5.75 Å². The highest BCUT2D eigenvalue weighted by Crippen LogP contribution is 2.27. The van der Waals surface area contributed by atoms with E-state index in [0.717, 1.165) is 22.7 Å². The van der Waals surface area contributed by atoms with Crippen LogP contribution in [0, 0.1) is 11.6 Å². The van der Waals surface area contributed by atoms with Crippen molar-refractivity contribution in [2.45, 2.75) is 19.4 Å². The van der Waals surface area contributed by atoms with Gasteiger partial charge in [-0.3, -0.25) is 9.10 Å². The Kier molecular flexibility index (Phi) is 6.37. The maximum atomic E-state index is 13.8. The van der Waals surface area contributed by atoms with Crippen LogP contribution >= 0.6 is 0 Å². The molecule has 0 aliphatic heterocycles. The summed E-state index contributed by atoms with van der Waals surface area (Å²) in [7, 11) is -2.41. The molecule has 0 aliphatic carbocycles. The van der Waals surface area contributed by atoms with Crippen LogP contribution < -0.4 is 14.4 Å². The molecular formula is C18H20F2N2O4S. The highest BCUT2D eigenvalue weighted by molar-refractivity contribution is 7.92. The molecule has 0 fully saturated rings.